The van der Waals surface area contributed by atoms with E-state index >= 15 is 0 Å². The van der Waals surface area contributed by atoms with E-state index in [-0.39, 0.29) is 0 Å². The Labute approximate surface area is 88.0 Å². The van der Waals surface area contributed by atoms with Crippen LogP contribution in [0.15, 0.2) is 30.5 Å². The Kier molecular flexibility index (Phi) is 2.58. The van der Waals surface area contributed by atoms with Crippen molar-refractivity contribution in [2.45, 2.75) is 13.5 Å². The number of aromatic hydroxyl groups is 1. The van der Waals surface area contributed by atoms with Gasteiger partial charge < -0.3 is 10.4 Å². The zero-order valence-electron chi connectivity index (χ0n) is 8.49. The maximum Gasteiger partial charge on any atom is 0.120 e. The molecule has 1 aromatic heterocycles. The average molecular weight is 203 g/mol. The van der Waals surface area contributed by atoms with E-state index in [1.165, 1.54) is 0 Å². The third-order valence-electron chi connectivity index (χ3n) is 2.25. The number of aromatic nitrogens is 2. The first-order valence-electron chi connectivity index (χ1n) is 4.77. The molecule has 0 saturated heterocycles. The lowest BCUT2D eigenvalue weighted by Gasteiger charge is -2.06. The predicted molar refractivity (Wildman–Crippen MR) is 58.8 cm³/mol. The van der Waals surface area contributed by atoms with Gasteiger partial charge in [-0.1, -0.05) is 6.07 Å². The molecule has 1 aromatic carbocycles. The molecule has 0 aliphatic rings. The van der Waals surface area contributed by atoms with Crippen LogP contribution in [0.3, 0.4) is 0 Å². The molecule has 4 heteroatoms. The number of anilines is 1. The van der Waals surface area contributed by atoms with E-state index < -0.39 is 0 Å². The Morgan fingerprint density at radius 3 is 2.93 bits per heavy atom. The van der Waals surface area contributed by atoms with E-state index in [0.717, 1.165) is 16.9 Å². The highest BCUT2D eigenvalue weighted by molar-refractivity contribution is 5.50. The van der Waals surface area contributed by atoms with Gasteiger partial charge in [0.05, 0.1) is 12.2 Å². The number of aryl methyl sites for hydroxylation is 1. The molecule has 0 unspecified atom stereocenters. The molecule has 15 heavy (non-hydrogen) atoms. The molecule has 3 N–H and O–H groups in total. The number of rotatable bonds is 3. The van der Waals surface area contributed by atoms with Gasteiger partial charge in [0.1, 0.15) is 5.75 Å². The molecule has 0 bridgehead atoms. The summed E-state index contributed by atoms with van der Waals surface area (Å²) in [6, 6.07) is 7.43. The van der Waals surface area contributed by atoms with E-state index in [4.69, 9.17) is 0 Å². The van der Waals surface area contributed by atoms with E-state index in [1.54, 1.807) is 12.3 Å². The summed E-state index contributed by atoms with van der Waals surface area (Å²) in [6.45, 7) is 2.54. The second-order valence-corrected chi connectivity index (χ2v) is 3.44. The van der Waals surface area contributed by atoms with Crippen LogP contribution in [0, 0.1) is 6.92 Å². The van der Waals surface area contributed by atoms with Gasteiger partial charge in [-0.2, -0.15) is 5.10 Å². The monoisotopic (exact) mass is 203 g/mol. The average Bonchev–Trinajstić information content (AvgIpc) is 2.73. The maximum atomic E-state index is 9.50. The summed E-state index contributed by atoms with van der Waals surface area (Å²) in [7, 11) is 0. The summed E-state index contributed by atoms with van der Waals surface area (Å²) in [4.78, 5) is 0. The van der Waals surface area contributed by atoms with Crippen molar-refractivity contribution in [3.8, 4) is 5.75 Å². The van der Waals surface area contributed by atoms with Crippen molar-refractivity contribution in [1.29, 1.82) is 0 Å². The third-order valence-corrected chi connectivity index (χ3v) is 2.25. The van der Waals surface area contributed by atoms with Crippen molar-refractivity contribution in [1.82, 2.24) is 10.2 Å². The molecule has 0 fully saturated rings. The highest BCUT2D eigenvalue weighted by Crippen LogP contribution is 2.20. The van der Waals surface area contributed by atoms with Gasteiger partial charge >= 0.3 is 0 Å². The van der Waals surface area contributed by atoms with Gasteiger partial charge in [0.2, 0.25) is 0 Å². The smallest absolute Gasteiger partial charge is 0.120 e. The topological polar surface area (TPSA) is 60.9 Å². The maximum absolute atomic E-state index is 9.50. The van der Waals surface area contributed by atoms with Crippen LogP contribution in [0.4, 0.5) is 5.69 Å². The first-order chi connectivity index (χ1) is 7.25. The fraction of sp³-hybridized carbons (Fsp3) is 0.182. The van der Waals surface area contributed by atoms with E-state index in [0.29, 0.717) is 12.3 Å². The summed E-state index contributed by atoms with van der Waals surface area (Å²) in [5, 5.41) is 19.4. The van der Waals surface area contributed by atoms with Crippen molar-refractivity contribution in [3.63, 3.8) is 0 Å². The lowest BCUT2D eigenvalue weighted by atomic mass is 10.2. The highest BCUT2D eigenvalue weighted by Gasteiger charge is 1.98. The van der Waals surface area contributed by atoms with Gasteiger partial charge in [0.25, 0.3) is 0 Å². The number of phenols is 1. The minimum Gasteiger partial charge on any atom is -0.508 e. The molecule has 0 atom stereocenters. The molecule has 0 spiro atoms. The standard InChI is InChI=1S/C11H13N3O/c1-8-2-3-9(6-11(8)15)12-7-10-4-5-13-14-10/h2-6,12,15H,7H2,1H3,(H,13,14). The molecule has 78 valence electrons. The largest absolute Gasteiger partial charge is 0.508 e. The number of phenolic OH excluding ortho intramolecular Hbond substituents is 1. The Morgan fingerprint density at radius 1 is 1.40 bits per heavy atom. The van der Waals surface area contributed by atoms with Crippen molar-refractivity contribution in [3.05, 3.63) is 41.7 Å². The molecule has 2 rings (SSSR count). The Morgan fingerprint density at radius 2 is 2.27 bits per heavy atom. The van der Waals surface area contributed by atoms with E-state index in [1.807, 2.05) is 25.1 Å². The number of hydrogen-bond acceptors (Lipinski definition) is 3. The first kappa shape index (κ1) is 9.58. The second-order valence-electron chi connectivity index (χ2n) is 3.44. The fourth-order valence-electron chi connectivity index (χ4n) is 1.30. The van der Waals surface area contributed by atoms with Crippen LogP contribution in [-0.4, -0.2) is 15.3 Å². The molecule has 1 heterocycles. The number of aromatic amines is 1. The van der Waals surface area contributed by atoms with Crippen molar-refractivity contribution < 1.29 is 5.11 Å². The molecule has 0 amide bonds. The summed E-state index contributed by atoms with van der Waals surface area (Å²) < 4.78 is 0. The van der Waals surface area contributed by atoms with Crippen molar-refractivity contribution >= 4 is 5.69 Å². The van der Waals surface area contributed by atoms with Gasteiger partial charge in [0, 0.05) is 18.0 Å². The molecule has 2 aromatic rings. The zero-order chi connectivity index (χ0) is 10.7. The summed E-state index contributed by atoms with van der Waals surface area (Å²) in [5.41, 5.74) is 2.78. The van der Waals surface area contributed by atoms with Crippen LogP contribution < -0.4 is 5.32 Å². The summed E-state index contributed by atoms with van der Waals surface area (Å²) in [6.07, 6.45) is 1.71. The van der Waals surface area contributed by atoms with Gasteiger partial charge in [-0.05, 0) is 24.6 Å². The lowest BCUT2D eigenvalue weighted by Crippen LogP contribution is -1.99. The molecule has 0 aliphatic heterocycles. The minimum atomic E-state index is 0.310. The molecular weight excluding hydrogens is 190 g/mol. The minimum absolute atomic E-state index is 0.310. The molecule has 0 saturated carbocycles. The van der Waals surface area contributed by atoms with Crippen LogP contribution >= 0.6 is 0 Å². The fourth-order valence-corrected chi connectivity index (χ4v) is 1.30. The Bertz CT molecular complexity index is 437. The zero-order valence-corrected chi connectivity index (χ0v) is 8.49. The summed E-state index contributed by atoms with van der Waals surface area (Å²) >= 11 is 0. The molecule has 0 radical (unpaired) electrons. The molecular formula is C11H13N3O. The SMILES string of the molecule is Cc1ccc(NCc2ccn[nH]2)cc1O. The van der Waals surface area contributed by atoms with E-state index in [9.17, 15) is 5.11 Å². The van der Waals surface area contributed by atoms with Gasteiger partial charge in [0.15, 0.2) is 0 Å². The Hall–Kier alpha value is -1.97. The van der Waals surface area contributed by atoms with Gasteiger partial charge in [-0.25, -0.2) is 0 Å². The number of nitrogens with zero attached hydrogens (tertiary/aromatic N) is 1. The third kappa shape index (κ3) is 2.28. The Balaban J connectivity index is 2.02. The van der Waals surface area contributed by atoms with E-state index in [2.05, 4.69) is 15.5 Å². The normalized spacial score (nSPS) is 10.2. The van der Waals surface area contributed by atoms with Crippen LogP contribution in [0.2, 0.25) is 0 Å². The van der Waals surface area contributed by atoms with Gasteiger partial charge in [-0.15, -0.1) is 0 Å². The van der Waals surface area contributed by atoms with Gasteiger partial charge in [-0.3, -0.25) is 5.10 Å². The summed E-state index contributed by atoms with van der Waals surface area (Å²) in [5.74, 6) is 0.310. The second kappa shape index (κ2) is 4.04. The van der Waals surface area contributed by atoms with Crippen LogP contribution in [-0.2, 0) is 6.54 Å². The number of H-pyrrole nitrogens is 1. The number of benzene rings is 1. The van der Waals surface area contributed by atoms with Crippen LogP contribution in [0.25, 0.3) is 0 Å². The first-order valence-corrected chi connectivity index (χ1v) is 4.77. The number of nitrogens with one attached hydrogen (secondary N) is 2. The quantitative estimate of drug-likeness (QED) is 0.715. The van der Waals surface area contributed by atoms with Crippen molar-refractivity contribution in [2.75, 3.05) is 5.32 Å². The highest BCUT2D eigenvalue weighted by atomic mass is 16.3. The molecule has 0 aliphatic carbocycles. The lowest BCUT2D eigenvalue weighted by molar-refractivity contribution is 0.471. The predicted octanol–water partition coefficient (Wildman–Crippen LogP) is 2.04. The van der Waals surface area contributed by atoms with Crippen molar-refractivity contribution in [2.24, 2.45) is 0 Å². The van der Waals surface area contributed by atoms with Crippen LogP contribution in [0.5, 0.6) is 5.75 Å². The molecule has 4 nitrogen and oxygen atoms in total. The van der Waals surface area contributed by atoms with Crippen LogP contribution in [0.1, 0.15) is 11.3 Å². The number of hydrogen-bond donors (Lipinski definition) is 3.